The minimum atomic E-state index is -0.00727. The molecule has 5 rings (SSSR count). The maximum atomic E-state index is 12.8. The Kier molecular flexibility index (Phi) is 6.75. The number of carbonyl (C=O) groups excluding carboxylic acids is 1. The summed E-state index contributed by atoms with van der Waals surface area (Å²) in [5.41, 5.74) is 4.93. The van der Waals surface area contributed by atoms with Gasteiger partial charge in [-0.3, -0.25) is 4.79 Å². The van der Waals surface area contributed by atoms with Gasteiger partial charge in [-0.2, -0.15) is 0 Å². The molecule has 5 heteroatoms. The van der Waals surface area contributed by atoms with E-state index in [1.54, 1.807) is 0 Å². The predicted molar refractivity (Wildman–Crippen MR) is 125 cm³/mol. The van der Waals surface area contributed by atoms with Crippen molar-refractivity contribution in [2.45, 2.75) is 69.6 Å². The van der Waals surface area contributed by atoms with Crippen LogP contribution in [0.5, 0.6) is 5.75 Å². The zero-order chi connectivity index (χ0) is 21.8. The normalized spacial score (nSPS) is 25.2. The molecule has 2 N–H and O–H groups in total. The average molecular weight is 435 g/mol. The minimum absolute atomic E-state index is 0.00727. The molecule has 0 saturated carbocycles. The molecule has 2 aromatic carbocycles. The van der Waals surface area contributed by atoms with Gasteiger partial charge >= 0.3 is 0 Å². The number of amides is 1. The van der Waals surface area contributed by atoms with Crippen molar-refractivity contribution >= 4 is 5.91 Å². The van der Waals surface area contributed by atoms with Crippen LogP contribution in [0.1, 0.15) is 71.6 Å². The van der Waals surface area contributed by atoms with E-state index >= 15 is 0 Å². The fraction of sp³-hybridized carbons (Fsp3) is 0.519. The lowest BCUT2D eigenvalue weighted by Crippen LogP contribution is -2.39. The number of carbonyl (C=O) groups is 1. The van der Waals surface area contributed by atoms with Crippen LogP contribution in [-0.2, 0) is 17.6 Å². The van der Waals surface area contributed by atoms with Crippen molar-refractivity contribution < 1.29 is 14.3 Å². The van der Waals surface area contributed by atoms with E-state index in [2.05, 4.69) is 28.8 Å². The molecule has 170 valence electrons. The number of rotatable bonds is 6. The van der Waals surface area contributed by atoms with Crippen LogP contribution in [0.15, 0.2) is 42.5 Å². The summed E-state index contributed by atoms with van der Waals surface area (Å²) >= 11 is 0. The van der Waals surface area contributed by atoms with Crippen LogP contribution in [0.2, 0.25) is 0 Å². The Morgan fingerprint density at radius 1 is 1.03 bits per heavy atom. The second-order valence-electron chi connectivity index (χ2n) is 9.41. The number of fused-ring (bicyclic) bond motifs is 1. The first kappa shape index (κ1) is 21.5. The van der Waals surface area contributed by atoms with Crippen LogP contribution in [0.4, 0.5) is 0 Å². The molecule has 0 bridgehead atoms. The van der Waals surface area contributed by atoms with Crippen LogP contribution >= 0.6 is 0 Å². The summed E-state index contributed by atoms with van der Waals surface area (Å²) in [7, 11) is 0. The fourth-order valence-corrected chi connectivity index (χ4v) is 5.19. The van der Waals surface area contributed by atoms with Crippen LogP contribution in [-0.4, -0.2) is 37.8 Å². The molecule has 1 unspecified atom stereocenters. The summed E-state index contributed by atoms with van der Waals surface area (Å²) in [6.07, 6.45) is 9.11. The molecule has 1 aliphatic carbocycles. The summed E-state index contributed by atoms with van der Waals surface area (Å²) in [5, 5.41) is 6.89. The molecule has 3 atom stereocenters. The highest BCUT2D eigenvalue weighted by molar-refractivity contribution is 5.94. The van der Waals surface area contributed by atoms with Crippen molar-refractivity contribution in [1.82, 2.24) is 10.6 Å². The molecule has 0 aromatic heterocycles. The van der Waals surface area contributed by atoms with E-state index in [-0.39, 0.29) is 18.1 Å². The quantitative estimate of drug-likeness (QED) is 0.710. The third-order valence-corrected chi connectivity index (χ3v) is 7.08. The Morgan fingerprint density at radius 2 is 1.94 bits per heavy atom. The summed E-state index contributed by atoms with van der Waals surface area (Å²) in [4.78, 5) is 12.8. The minimum Gasteiger partial charge on any atom is -0.491 e. The number of aryl methyl sites for hydroxylation is 1. The number of ether oxygens (including phenoxy) is 2. The lowest BCUT2D eigenvalue weighted by atomic mass is 9.85. The number of benzene rings is 2. The maximum absolute atomic E-state index is 12.8. The molecule has 1 amide bonds. The van der Waals surface area contributed by atoms with E-state index in [9.17, 15) is 4.79 Å². The van der Waals surface area contributed by atoms with Crippen molar-refractivity contribution in [2.24, 2.45) is 0 Å². The van der Waals surface area contributed by atoms with E-state index in [1.807, 2.05) is 24.3 Å². The zero-order valence-corrected chi connectivity index (χ0v) is 18.8. The molecule has 2 aromatic rings. The van der Waals surface area contributed by atoms with Gasteiger partial charge in [0.1, 0.15) is 12.4 Å². The van der Waals surface area contributed by atoms with E-state index in [0.717, 1.165) is 51.0 Å². The largest absolute Gasteiger partial charge is 0.491 e. The van der Waals surface area contributed by atoms with Gasteiger partial charge in [0.15, 0.2) is 0 Å². The first-order valence-electron chi connectivity index (χ1n) is 12.2. The Hall–Kier alpha value is -2.37. The number of piperidine rings is 1. The Labute approximate surface area is 190 Å². The second-order valence-corrected chi connectivity index (χ2v) is 9.41. The van der Waals surface area contributed by atoms with E-state index in [1.165, 1.54) is 36.0 Å². The monoisotopic (exact) mass is 434 g/mol. The molecule has 2 aliphatic heterocycles. The van der Waals surface area contributed by atoms with Gasteiger partial charge in [-0.1, -0.05) is 24.6 Å². The first-order valence-corrected chi connectivity index (χ1v) is 12.2. The van der Waals surface area contributed by atoms with Crippen LogP contribution in [0.25, 0.3) is 0 Å². The Bertz CT molecular complexity index is 915. The van der Waals surface area contributed by atoms with Gasteiger partial charge in [-0.15, -0.1) is 0 Å². The molecule has 3 aliphatic rings. The highest BCUT2D eigenvalue weighted by atomic mass is 16.5. The van der Waals surface area contributed by atoms with Gasteiger partial charge in [0, 0.05) is 24.3 Å². The number of hydrogen-bond acceptors (Lipinski definition) is 4. The standard InChI is InChI=1S/C27H34N2O3/c30-27(19-9-12-24(13-10-19)32-18-25-4-3-15-31-25)29-23-11-8-20-16-22(7-6-21(20)17-23)26-5-1-2-14-28-26/h6-7,9-10,12-13,16,23,25-26,28H,1-5,8,11,14-15,17-18H2,(H,29,30)/t23-,25-,26?/m0/s1. The lowest BCUT2D eigenvalue weighted by Gasteiger charge is -2.28. The van der Waals surface area contributed by atoms with Crippen LogP contribution in [0.3, 0.4) is 0 Å². The van der Waals surface area contributed by atoms with E-state index < -0.39 is 0 Å². The molecule has 0 spiro atoms. The molecular weight excluding hydrogens is 400 g/mol. The van der Waals surface area contributed by atoms with Gasteiger partial charge in [-0.25, -0.2) is 0 Å². The number of nitrogens with one attached hydrogen (secondary N) is 2. The van der Waals surface area contributed by atoms with E-state index in [4.69, 9.17) is 9.47 Å². The summed E-state index contributed by atoms with van der Waals surface area (Å²) in [6, 6.07) is 15.1. The maximum Gasteiger partial charge on any atom is 0.251 e. The molecule has 0 radical (unpaired) electrons. The van der Waals surface area contributed by atoms with Crippen molar-refractivity contribution in [2.75, 3.05) is 19.8 Å². The van der Waals surface area contributed by atoms with Crippen LogP contribution < -0.4 is 15.4 Å². The van der Waals surface area contributed by atoms with Crippen molar-refractivity contribution in [3.63, 3.8) is 0 Å². The smallest absolute Gasteiger partial charge is 0.251 e. The SMILES string of the molecule is O=C(N[C@H]1CCc2cc(C3CCCCN3)ccc2C1)c1ccc(OC[C@@H]2CCCO2)cc1. The molecule has 32 heavy (non-hydrogen) atoms. The molecule has 2 saturated heterocycles. The van der Waals surface area contributed by atoms with Crippen molar-refractivity contribution in [3.8, 4) is 5.75 Å². The van der Waals surface area contributed by atoms with Crippen molar-refractivity contribution in [3.05, 3.63) is 64.7 Å². The lowest BCUT2D eigenvalue weighted by molar-refractivity contribution is 0.0679. The second kappa shape index (κ2) is 10.1. The fourth-order valence-electron chi connectivity index (χ4n) is 5.19. The zero-order valence-electron chi connectivity index (χ0n) is 18.8. The van der Waals surface area contributed by atoms with Gasteiger partial charge in [0.2, 0.25) is 0 Å². The third kappa shape index (κ3) is 5.16. The topological polar surface area (TPSA) is 59.6 Å². The first-order chi connectivity index (χ1) is 15.7. The average Bonchev–Trinajstić information content (AvgIpc) is 3.37. The summed E-state index contributed by atoms with van der Waals surface area (Å²) < 4.78 is 11.4. The Balaban J connectivity index is 1.14. The molecule has 5 nitrogen and oxygen atoms in total. The van der Waals surface area contributed by atoms with Gasteiger partial charge < -0.3 is 20.1 Å². The van der Waals surface area contributed by atoms with Gasteiger partial charge in [0.05, 0.1) is 6.10 Å². The van der Waals surface area contributed by atoms with E-state index in [0.29, 0.717) is 18.2 Å². The van der Waals surface area contributed by atoms with Gasteiger partial charge in [0.25, 0.3) is 5.91 Å². The third-order valence-electron chi connectivity index (χ3n) is 7.08. The Morgan fingerprint density at radius 3 is 2.72 bits per heavy atom. The number of hydrogen-bond donors (Lipinski definition) is 2. The molecule has 2 fully saturated rings. The predicted octanol–water partition coefficient (Wildman–Crippen LogP) is 4.35. The highest BCUT2D eigenvalue weighted by Crippen LogP contribution is 2.28. The summed E-state index contributed by atoms with van der Waals surface area (Å²) in [5.74, 6) is 0.777. The molecular formula is C27H34N2O3. The molecule has 2 heterocycles. The van der Waals surface area contributed by atoms with Crippen LogP contribution in [0, 0.1) is 0 Å². The highest BCUT2D eigenvalue weighted by Gasteiger charge is 2.23. The summed E-state index contributed by atoms with van der Waals surface area (Å²) in [6.45, 7) is 2.53. The van der Waals surface area contributed by atoms with Crippen molar-refractivity contribution in [1.29, 1.82) is 0 Å². The van der Waals surface area contributed by atoms with Gasteiger partial charge in [-0.05, 0) is 92.4 Å².